The lowest BCUT2D eigenvalue weighted by Gasteiger charge is -2.45. The minimum Gasteiger partial charge on any atom is -0.455 e. The fraction of sp³-hybridized carbons (Fsp3) is 0.889. The molecule has 7 nitrogen and oxygen atoms in total. The number of rotatable bonds is 5. The predicted octanol–water partition coefficient (Wildman–Crippen LogP) is -0.139. The van der Waals surface area contributed by atoms with Crippen LogP contribution in [0.4, 0.5) is 0 Å². The van der Waals surface area contributed by atoms with Crippen LogP contribution in [0.25, 0.3) is 0 Å². The second-order valence-electron chi connectivity index (χ2n) is 7.97. The van der Waals surface area contributed by atoms with Crippen LogP contribution in [0.1, 0.15) is 25.7 Å². The highest BCUT2D eigenvalue weighted by Crippen LogP contribution is 2.37. The molecule has 0 radical (unpaired) electrons. The van der Waals surface area contributed by atoms with E-state index in [0.29, 0.717) is 24.7 Å². The van der Waals surface area contributed by atoms with Gasteiger partial charge in [-0.25, -0.2) is 0 Å². The molecule has 0 aromatic heterocycles. The van der Waals surface area contributed by atoms with Gasteiger partial charge in [-0.2, -0.15) is 0 Å². The SMILES string of the molecule is CN1CCN(C2CC3CCC(C2)N3CC(=O)OCC(=O)N(C)C)CC1. The van der Waals surface area contributed by atoms with Crippen molar-refractivity contribution in [1.82, 2.24) is 19.6 Å². The average molecular weight is 352 g/mol. The van der Waals surface area contributed by atoms with Crippen molar-refractivity contribution in [1.29, 1.82) is 0 Å². The molecule has 0 N–H and O–H groups in total. The number of carbonyl (C=O) groups is 2. The summed E-state index contributed by atoms with van der Waals surface area (Å²) in [7, 11) is 5.52. The summed E-state index contributed by atoms with van der Waals surface area (Å²) in [6.07, 6.45) is 4.67. The van der Waals surface area contributed by atoms with E-state index < -0.39 is 0 Å². The molecule has 3 aliphatic rings. The van der Waals surface area contributed by atoms with Crippen molar-refractivity contribution < 1.29 is 14.3 Å². The molecule has 3 aliphatic heterocycles. The third kappa shape index (κ3) is 4.51. The fourth-order valence-electron chi connectivity index (χ4n) is 4.45. The minimum absolute atomic E-state index is 0.154. The number of hydrogen-bond donors (Lipinski definition) is 0. The van der Waals surface area contributed by atoms with E-state index in [1.807, 2.05) is 0 Å². The molecule has 1 amide bonds. The van der Waals surface area contributed by atoms with Gasteiger partial charge in [0.25, 0.3) is 5.91 Å². The van der Waals surface area contributed by atoms with Gasteiger partial charge >= 0.3 is 5.97 Å². The molecule has 0 aromatic rings. The topological polar surface area (TPSA) is 56.3 Å². The Kier molecular flexibility index (Phi) is 5.96. The van der Waals surface area contributed by atoms with E-state index in [-0.39, 0.29) is 18.5 Å². The molecule has 0 spiro atoms. The molecule has 0 aliphatic carbocycles. The van der Waals surface area contributed by atoms with Crippen LogP contribution in [0.2, 0.25) is 0 Å². The lowest BCUT2D eigenvalue weighted by molar-refractivity contribution is -0.153. The molecule has 3 saturated heterocycles. The van der Waals surface area contributed by atoms with Crippen LogP contribution in [0, 0.1) is 0 Å². The van der Waals surface area contributed by atoms with Crippen LogP contribution in [0.5, 0.6) is 0 Å². The monoisotopic (exact) mass is 352 g/mol. The summed E-state index contributed by atoms with van der Waals surface area (Å²) >= 11 is 0. The number of esters is 1. The van der Waals surface area contributed by atoms with E-state index in [1.165, 1.54) is 17.7 Å². The van der Waals surface area contributed by atoms with Crippen LogP contribution in [-0.4, -0.2) is 110 Å². The Balaban J connectivity index is 1.47. The van der Waals surface area contributed by atoms with Crippen molar-refractivity contribution >= 4 is 11.9 Å². The number of piperazine rings is 1. The number of nitrogens with zero attached hydrogens (tertiary/aromatic N) is 4. The number of piperidine rings is 1. The van der Waals surface area contributed by atoms with Crippen molar-refractivity contribution in [3.05, 3.63) is 0 Å². The molecular weight excluding hydrogens is 320 g/mol. The summed E-state index contributed by atoms with van der Waals surface area (Å²) in [6, 6.07) is 1.63. The Morgan fingerprint density at radius 3 is 2.16 bits per heavy atom. The maximum Gasteiger partial charge on any atom is 0.320 e. The molecular formula is C18H32N4O3. The van der Waals surface area contributed by atoms with E-state index in [4.69, 9.17) is 4.74 Å². The first kappa shape index (κ1) is 18.6. The molecule has 2 bridgehead atoms. The van der Waals surface area contributed by atoms with Crippen molar-refractivity contribution in [3.63, 3.8) is 0 Å². The first-order valence-corrected chi connectivity index (χ1v) is 9.48. The number of fused-ring (bicyclic) bond motifs is 2. The quantitative estimate of drug-likeness (QED) is 0.642. The number of likely N-dealkylation sites (N-methyl/N-ethyl adjacent to an activating group) is 2. The van der Waals surface area contributed by atoms with Gasteiger partial charge in [0.2, 0.25) is 0 Å². The predicted molar refractivity (Wildman–Crippen MR) is 95.3 cm³/mol. The lowest BCUT2D eigenvalue weighted by atomic mass is 9.95. The van der Waals surface area contributed by atoms with Crippen LogP contribution < -0.4 is 0 Å². The minimum atomic E-state index is -0.273. The molecule has 3 heterocycles. The van der Waals surface area contributed by atoms with Gasteiger partial charge in [0, 0.05) is 58.4 Å². The number of hydrogen-bond acceptors (Lipinski definition) is 6. The maximum atomic E-state index is 12.1. The largest absolute Gasteiger partial charge is 0.455 e. The van der Waals surface area contributed by atoms with Crippen molar-refractivity contribution in [2.75, 3.05) is 60.5 Å². The molecule has 0 aromatic carbocycles. The van der Waals surface area contributed by atoms with Crippen molar-refractivity contribution in [3.8, 4) is 0 Å². The molecule has 3 rings (SSSR count). The smallest absolute Gasteiger partial charge is 0.320 e. The Morgan fingerprint density at radius 2 is 1.60 bits per heavy atom. The number of carbonyl (C=O) groups excluding carboxylic acids is 2. The van der Waals surface area contributed by atoms with Gasteiger partial charge in [0.1, 0.15) is 0 Å². The molecule has 2 atom stereocenters. The molecule has 0 saturated carbocycles. The van der Waals surface area contributed by atoms with Gasteiger partial charge in [0.05, 0.1) is 6.54 Å². The Morgan fingerprint density at radius 1 is 1.00 bits per heavy atom. The Bertz CT molecular complexity index is 477. The zero-order chi connectivity index (χ0) is 18.0. The van der Waals surface area contributed by atoms with E-state index in [1.54, 1.807) is 14.1 Å². The van der Waals surface area contributed by atoms with Crippen LogP contribution in [0.15, 0.2) is 0 Å². The summed E-state index contributed by atoms with van der Waals surface area (Å²) in [5.41, 5.74) is 0. The molecule has 3 fully saturated rings. The van der Waals surface area contributed by atoms with E-state index in [9.17, 15) is 9.59 Å². The second kappa shape index (κ2) is 8.01. The molecule has 25 heavy (non-hydrogen) atoms. The van der Waals surface area contributed by atoms with E-state index in [0.717, 1.165) is 39.0 Å². The summed E-state index contributed by atoms with van der Waals surface area (Å²) < 4.78 is 5.16. The highest BCUT2D eigenvalue weighted by molar-refractivity contribution is 5.80. The normalized spacial score (nSPS) is 31.1. The first-order valence-electron chi connectivity index (χ1n) is 9.48. The summed E-state index contributed by atoms with van der Waals surface area (Å²) in [5, 5.41) is 0. The first-order chi connectivity index (χ1) is 11.9. The van der Waals surface area contributed by atoms with Gasteiger partial charge in [-0.1, -0.05) is 0 Å². The molecule has 7 heteroatoms. The summed E-state index contributed by atoms with van der Waals surface area (Å²) in [6.45, 7) is 4.80. The second-order valence-corrected chi connectivity index (χ2v) is 7.97. The average Bonchev–Trinajstić information content (AvgIpc) is 2.81. The third-order valence-electron chi connectivity index (χ3n) is 6.08. The van der Waals surface area contributed by atoms with Gasteiger partial charge in [-0.3, -0.25) is 19.4 Å². The van der Waals surface area contributed by atoms with Gasteiger partial charge < -0.3 is 14.5 Å². The summed E-state index contributed by atoms with van der Waals surface area (Å²) in [5.74, 6) is -0.449. The zero-order valence-corrected chi connectivity index (χ0v) is 15.8. The number of amides is 1. The Labute approximate surface area is 150 Å². The molecule has 142 valence electrons. The third-order valence-corrected chi connectivity index (χ3v) is 6.08. The van der Waals surface area contributed by atoms with E-state index in [2.05, 4.69) is 21.7 Å². The van der Waals surface area contributed by atoms with Crippen LogP contribution >= 0.6 is 0 Å². The van der Waals surface area contributed by atoms with Crippen molar-refractivity contribution in [2.24, 2.45) is 0 Å². The van der Waals surface area contributed by atoms with Crippen LogP contribution in [0.3, 0.4) is 0 Å². The highest BCUT2D eigenvalue weighted by Gasteiger charge is 2.43. The van der Waals surface area contributed by atoms with E-state index >= 15 is 0 Å². The lowest BCUT2D eigenvalue weighted by Crippen LogP contribution is -2.55. The summed E-state index contributed by atoms with van der Waals surface area (Å²) in [4.78, 5) is 32.5. The zero-order valence-electron chi connectivity index (χ0n) is 15.8. The highest BCUT2D eigenvalue weighted by atomic mass is 16.5. The fourth-order valence-corrected chi connectivity index (χ4v) is 4.45. The molecule has 2 unspecified atom stereocenters. The standard InChI is InChI=1S/C18H32N4O3/c1-19(2)17(23)13-25-18(24)12-22-14-4-5-15(22)11-16(10-14)21-8-6-20(3)7-9-21/h14-16H,4-13H2,1-3H3. The number of ether oxygens (including phenoxy) is 1. The maximum absolute atomic E-state index is 12.1. The van der Waals surface area contributed by atoms with Gasteiger partial charge in [-0.05, 0) is 32.7 Å². The van der Waals surface area contributed by atoms with Crippen LogP contribution in [-0.2, 0) is 14.3 Å². The van der Waals surface area contributed by atoms with Gasteiger partial charge in [0.15, 0.2) is 6.61 Å². The van der Waals surface area contributed by atoms with Crippen molar-refractivity contribution in [2.45, 2.75) is 43.8 Å². The Hall–Kier alpha value is -1.18. The van der Waals surface area contributed by atoms with Gasteiger partial charge in [-0.15, -0.1) is 0 Å².